The number of nitrogens with zero attached hydrogens (tertiary/aromatic N) is 6. The number of hydrogen-bond donors (Lipinski definition) is 0. The van der Waals surface area contributed by atoms with Gasteiger partial charge in [-0.25, -0.2) is 0 Å². The predicted molar refractivity (Wildman–Crippen MR) is 137 cm³/mol. The average molecular weight is 507 g/mol. The van der Waals surface area contributed by atoms with E-state index in [0.29, 0.717) is 52.5 Å². The first-order valence-corrected chi connectivity index (χ1v) is 13.3. The second-order valence-corrected chi connectivity index (χ2v) is 9.50. The third-order valence-corrected chi connectivity index (χ3v) is 7.33. The lowest BCUT2D eigenvalue weighted by molar-refractivity contribution is 0.101. The number of benzene rings is 2. The number of carbonyl (C=O) groups excluding carboxylic acids is 2. The van der Waals surface area contributed by atoms with Crippen LogP contribution in [-0.2, 0) is 19.5 Å². The molecule has 0 unspecified atom stereocenters. The van der Waals surface area contributed by atoms with E-state index >= 15 is 0 Å². The van der Waals surface area contributed by atoms with Gasteiger partial charge in [-0.1, -0.05) is 84.2 Å². The van der Waals surface area contributed by atoms with Crippen molar-refractivity contribution in [3.63, 3.8) is 0 Å². The van der Waals surface area contributed by atoms with Crippen LogP contribution in [0.5, 0.6) is 0 Å². The van der Waals surface area contributed by atoms with E-state index in [1.54, 1.807) is 0 Å². The Balaban J connectivity index is 1.42. The maximum absolute atomic E-state index is 12.5. The monoisotopic (exact) mass is 506 g/mol. The van der Waals surface area contributed by atoms with Gasteiger partial charge in [0.25, 0.3) is 0 Å². The average Bonchev–Trinajstić information content (AvgIpc) is 3.49. The molecule has 0 amide bonds. The van der Waals surface area contributed by atoms with Gasteiger partial charge in [0.05, 0.1) is 17.9 Å². The lowest BCUT2D eigenvalue weighted by atomic mass is 10.2. The van der Waals surface area contributed by atoms with Gasteiger partial charge in [0.2, 0.25) is 0 Å². The van der Waals surface area contributed by atoms with Crippen molar-refractivity contribution < 1.29 is 9.59 Å². The van der Waals surface area contributed by atoms with E-state index < -0.39 is 0 Å². The fourth-order valence-corrected chi connectivity index (χ4v) is 5.40. The smallest absolute Gasteiger partial charge is 0.191 e. The van der Waals surface area contributed by atoms with E-state index in [-0.39, 0.29) is 11.6 Å². The summed E-state index contributed by atoms with van der Waals surface area (Å²) in [7, 11) is 0. The molecule has 0 N–H and O–H groups in total. The second-order valence-electron chi connectivity index (χ2n) is 7.62. The molecule has 10 heteroatoms. The molecule has 4 aromatic rings. The van der Waals surface area contributed by atoms with Crippen LogP contribution in [0.1, 0.15) is 46.2 Å². The molecule has 0 aliphatic heterocycles. The predicted octanol–water partition coefficient (Wildman–Crippen LogP) is 4.45. The number of ketones is 2. The van der Waals surface area contributed by atoms with Gasteiger partial charge >= 0.3 is 0 Å². The van der Waals surface area contributed by atoms with Gasteiger partial charge in [-0.05, 0) is 13.8 Å². The van der Waals surface area contributed by atoms with Crippen LogP contribution >= 0.6 is 23.5 Å². The van der Waals surface area contributed by atoms with Crippen molar-refractivity contribution in [1.82, 2.24) is 29.5 Å². The van der Waals surface area contributed by atoms with Crippen LogP contribution in [0.4, 0.5) is 0 Å². The highest BCUT2D eigenvalue weighted by atomic mass is 32.2. The molecule has 35 heavy (non-hydrogen) atoms. The molecule has 2 aromatic carbocycles. The molecule has 0 aliphatic rings. The largest absolute Gasteiger partial charge is 0.306 e. The Kier molecular flexibility index (Phi) is 8.49. The molecule has 2 heterocycles. The Morgan fingerprint density at radius 2 is 1.06 bits per heavy atom. The van der Waals surface area contributed by atoms with Crippen LogP contribution in [0.2, 0.25) is 0 Å². The van der Waals surface area contributed by atoms with Gasteiger partial charge in [-0.15, -0.1) is 20.4 Å². The maximum Gasteiger partial charge on any atom is 0.191 e. The highest BCUT2D eigenvalue weighted by Crippen LogP contribution is 2.22. The molecule has 8 nitrogen and oxygen atoms in total. The van der Waals surface area contributed by atoms with Crippen LogP contribution in [0.15, 0.2) is 71.0 Å². The quantitative estimate of drug-likeness (QED) is 0.205. The van der Waals surface area contributed by atoms with E-state index in [9.17, 15) is 9.59 Å². The number of Topliss-reactive ketones (excluding diaryl/α,β-unsaturated/α-hetero) is 2. The Morgan fingerprint density at radius 1 is 0.657 bits per heavy atom. The summed E-state index contributed by atoms with van der Waals surface area (Å²) in [5.74, 6) is 2.23. The summed E-state index contributed by atoms with van der Waals surface area (Å²) in [4.78, 5) is 25.0. The van der Waals surface area contributed by atoms with Crippen molar-refractivity contribution in [3.8, 4) is 0 Å². The summed E-state index contributed by atoms with van der Waals surface area (Å²) < 4.78 is 4.01. The summed E-state index contributed by atoms with van der Waals surface area (Å²) in [5.41, 5.74) is 1.38. The van der Waals surface area contributed by atoms with Crippen LogP contribution in [0.25, 0.3) is 0 Å². The molecule has 180 valence electrons. The highest BCUT2D eigenvalue weighted by Gasteiger charge is 2.19. The minimum atomic E-state index is 0.0558. The van der Waals surface area contributed by atoms with Crippen molar-refractivity contribution in [2.75, 3.05) is 11.5 Å². The number of carbonyl (C=O) groups is 2. The van der Waals surface area contributed by atoms with Crippen LogP contribution in [0.3, 0.4) is 0 Å². The van der Waals surface area contributed by atoms with E-state index in [4.69, 9.17) is 0 Å². The van der Waals surface area contributed by atoms with Crippen molar-refractivity contribution in [2.24, 2.45) is 0 Å². The Bertz CT molecular complexity index is 1190. The molecule has 0 fully saturated rings. The zero-order valence-corrected chi connectivity index (χ0v) is 21.3. The van der Waals surface area contributed by atoms with Gasteiger partial charge in [-0.3, -0.25) is 9.59 Å². The van der Waals surface area contributed by atoms with Crippen molar-refractivity contribution >= 4 is 35.1 Å². The first-order valence-electron chi connectivity index (χ1n) is 11.4. The van der Waals surface area contributed by atoms with E-state index in [1.165, 1.54) is 23.5 Å². The lowest BCUT2D eigenvalue weighted by Gasteiger charge is -2.09. The standard InChI is InChI=1S/C25H26N6O2S2/c1-3-30-22(26-28-24(30)34-16-20(32)18-11-7-5-8-12-18)15-23-27-29-25(31(23)4-2)35-17-21(33)19-13-9-6-10-14-19/h5-14H,3-4,15-17H2,1-2H3. The van der Waals surface area contributed by atoms with Crippen molar-refractivity contribution in [3.05, 3.63) is 83.4 Å². The molecule has 0 bridgehead atoms. The summed E-state index contributed by atoms with van der Waals surface area (Å²) in [5, 5.41) is 18.8. The first-order chi connectivity index (χ1) is 17.1. The van der Waals surface area contributed by atoms with E-state index in [2.05, 4.69) is 20.4 Å². The van der Waals surface area contributed by atoms with Gasteiger partial charge in [-0.2, -0.15) is 0 Å². The number of thioether (sulfide) groups is 2. The van der Waals surface area contributed by atoms with Crippen LogP contribution < -0.4 is 0 Å². The summed E-state index contributed by atoms with van der Waals surface area (Å²) in [6, 6.07) is 18.5. The Hall–Kier alpha value is -3.24. The fraction of sp³-hybridized carbons (Fsp3) is 0.280. The highest BCUT2D eigenvalue weighted by molar-refractivity contribution is 8.00. The zero-order chi connectivity index (χ0) is 24.6. The second kappa shape index (κ2) is 11.9. The Morgan fingerprint density at radius 3 is 1.43 bits per heavy atom. The molecule has 0 saturated carbocycles. The molecule has 0 atom stereocenters. The number of hydrogen-bond acceptors (Lipinski definition) is 8. The topological polar surface area (TPSA) is 95.6 Å². The summed E-state index contributed by atoms with van der Waals surface area (Å²) >= 11 is 2.77. The first kappa shape index (κ1) is 24.9. The maximum atomic E-state index is 12.5. The van der Waals surface area contributed by atoms with Crippen LogP contribution in [-0.4, -0.2) is 52.6 Å². The lowest BCUT2D eigenvalue weighted by Crippen LogP contribution is -2.10. The normalized spacial score (nSPS) is 11.0. The molecule has 0 saturated heterocycles. The van der Waals surface area contributed by atoms with Gasteiger partial charge in [0, 0.05) is 24.2 Å². The zero-order valence-electron chi connectivity index (χ0n) is 19.6. The van der Waals surface area contributed by atoms with Crippen molar-refractivity contribution in [2.45, 2.75) is 43.7 Å². The molecular weight excluding hydrogens is 480 g/mol. The Labute approximate surface area is 212 Å². The third-order valence-electron chi connectivity index (χ3n) is 5.39. The third kappa shape index (κ3) is 6.07. The molecule has 0 radical (unpaired) electrons. The number of rotatable bonds is 12. The van der Waals surface area contributed by atoms with Gasteiger partial charge in [0.15, 0.2) is 21.9 Å². The molecule has 0 aliphatic carbocycles. The number of aromatic nitrogens is 6. The van der Waals surface area contributed by atoms with Gasteiger partial charge < -0.3 is 9.13 Å². The summed E-state index contributed by atoms with van der Waals surface area (Å²) in [6.45, 7) is 5.41. The molecule has 2 aromatic heterocycles. The summed E-state index contributed by atoms with van der Waals surface area (Å²) in [6.07, 6.45) is 0.460. The molecule has 4 rings (SSSR count). The SMILES string of the molecule is CCn1c(Cc2nnc(SCC(=O)c3ccccc3)n2CC)nnc1SCC(=O)c1ccccc1. The fourth-order valence-electron chi connectivity index (χ4n) is 3.56. The molecular formula is C25H26N6O2S2. The molecule has 0 spiro atoms. The van der Waals surface area contributed by atoms with E-state index in [1.807, 2.05) is 83.6 Å². The van der Waals surface area contributed by atoms with Crippen molar-refractivity contribution in [1.29, 1.82) is 0 Å². The minimum absolute atomic E-state index is 0.0558. The van der Waals surface area contributed by atoms with Crippen LogP contribution in [0, 0.1) is 0 Å². The van der Waals surface area contributed by atoms with E-state index in [0.717, 1.165) is 11.6 Å². The van der Waals surface area contributed by atoms with Gasteiger partial charge in [0.1, 0.15) is 11.6 Å². The minimum Gasteiger partial charge on any atom is -0.306 e.